The van der Waals surface area contributed by atoms with Gasteiger partial charge in [0, 0.05) is 18.2 Å². The van der Waals surface area contributed by atoms with Gasteiger partial charge in [-0.15, -0.1) is 0 Å². The van der Waals surface area contributed by atoms with Gasteiger partial charge in [-0.2, -0.15) is 43.9 Å². The first-order chi connectivity index (χ1) is 18.5. The lowest BCUT2D eigenvalue weighted by Crippen LogP contribution is -2.40. The number of rotatable bonds is 10. The molecule has 0 aliphatic rings. The van der Waals surface area contributed by atoms with Gasteiger partial charge < -0.3 is 19.9 Å². The first-order valence-corrected chi connectivity index (χ1v) is 11.0. The molecule has 40 heavy (non-hydrogen) atoms. The summed E-state index contributed by atoms with van der Waals surface area (Å²) in [6, 6.07) is 8.55. The maximum atomic E-state index is 14.7. The van der Waals surface area contributed by atoms with Crippen molar-refractivity contribution in [3.63, 3.8) is 0 Å². The van der Waals surface area contributed by atoms with E-state index < -0.39 is 66.3 Å². The lowest BCUT2D eigenvalue weighted by Gasteiger charge is -2.24. The largest absolute Gasteiger partial charge is 0.461 e. The Kier molecular flexibility index (Phi) is 9.19. The minimum Gasteiger partial charge on any atom is -0.457 e. The van der Waals surface area contributed by atoms with Crippen LogP contribution in [-0.4, -0.2) is 36.5 Å². The van der Waals surface area contributed by atoms with Crippen LogP contribution in [0.2, 0.25) is 0 Å². The molecule has 3 aromatic rings. The van der Waals surface area contributed by atoms with E-state index in [-0.39, 0.29) is 17.1 Å². The van der Waals surface area contributed by atoms with Crippen molar-refractivity contribution >= 4 is 0 Å². The van der Waals surface area contributed by atoms with E-state index in [2.05, 4.69) is 10.1 Å². The summed E-state index contributed by atoms with van der Waals surface area (Å²) in [6.07, 6.45) is -21.9. The minimum atomic E-state index is -5.09. The molecule has 0 heterocycles. The average molecular weight is 589 g/mol. The van der Waals surface area contributed by atoms with Crippen molar-refractivity contribution in [1.82, 2.24) is 5.32 Å². The third-order valence-electron chi connectivity index (χ3n) is 5.27. The topological polar surface area (TPSA) is 50.7 Å². The molecule has 0 bridgehead atoms. The Bertz CT molecular complexity index is 1300. The van der Waals surface area contributed by atoms with Gasteiger partial charge in [0.25, 0.3) is 0 Å². The first kappa shape index (κ1) is 30.9. The molecule has 0 aromatic heterocycles. The number of hydrogen-bond donors (Lipinski definition) is 2. The predicted molar refractivity (Wildman–Crippen MR) is 118 cm³/mol. The van der Waals surface area contributed by atoms with Gasteiger partial charge in [-0.05, 0) is 48.0 Å². The number of alkyl halides is 10. The molecule has 0 fully saturated rings. The summed E-state index contributed by atoms with van der Waals surface area (Å²) in [6.45, 7) is -1.23. The second-order valence-electron chi connectivity index (χ2n) is 8.25. The third kappa shape index (κ3) is 7.97. The Morgan fingerprint density at radius 2 is 1.38 bits per heavy atom. The zero-order valence-corrected chi connectivity index (χ0v) is 19.7. The van der Waals surface area contributed by atoms with Gasteiger partial charge in [-0.3, -0.25) is 0 Å². The maximum absolute atomic E-state index is 14.7. The molecule has 3 rings (SSSR count). The van der Waals surface area contributed by atoms with E-state index in [1.54, 1.807) is 0 Å². The Balaban J connectivity index is 1.96. The molecule has 0 spiro atoms. The second kappa shape index (κ2) is 11.9. The van der Waals surface area contributed by atoms with Crippen molar-refractivity contribution in [1.29, 1.82) is 0 Å². The van der Waals surface area contributed by atoms with E-state index in [4.69, 9.17) is 4.74 Å². The Morgan fingerprint density at radius 3 is 1.98 bits per heavy atom. The van der Waals surface area contributed by atoms with Crippen molar-refractivity contribution in [2.24, 2.45) is 0 Å². The zero-order chi connectivity index (χ0) is 29.9. The van der Waals surface area contributed by atoms with Gasteiger partial charge >= 0.3 is 24.9 Å². The predicted octanol–water partition coefficient (Wildman–Crippen LogP) is 7.48. The van der Waals surface area contributed by atoms with Gasteiger partial charge in [0.1, 0.15) is 23.1 Å². The van der Waals surface area contributed by atoms with Crippen LogP contribution in [0.3, 0.4) is 0 Å². The smallest absolute Gasteiger partial charge is 0.457 e. The molecule has 0 aliphatic heterocycles. The molecule has 0 saturated heterocycles. The van der Waals surface area contributed by atoms with E-state index in [0.717, 1.165) is 24.3 Å². The summed E-state index contributed by atoms with van der Waals surface area (Å²) in [5.74, 6) is -2.28. The Labute approximate surface area is 218 Å². The number of ether oxygens (including phenoxy) is 2. The van der Waals surface area contributed by atoms with Crippen LogP contribution in [0.5, 0.6) is 17.2 Å². The molecule has 15 heteroatoms. The van der Waals surface area contributed by atoms with Crippen LogP contribution in [0.1, 0.15) is 22.7 Å². The number of benzene rings is 3. The number of hydrogen-bond acceptors (Lipinski definition) is 4. The van der Waals surface area contributed by atoms with Gasteiger partial charge in [0.2, 0.25) is 0 Å². The van der Waals surface area contributed by atoms with E-state index >= 15 is 0 Å². The van der Waals surface area contributed by atoms with Crippen molar-refractivity contribution in [3.8, 4) is 17.2 Å². The van der Waals surface area contributed by atoms with Crippen molar-refractivity contribution in [3.05, 3.63) is 89.2 Å². The SMILES string of the molecule is O[C@H](CNC(c1cccc(Oc2cccc(OC(F)(F)C(F)F)c2)c1)c1cc(C(F)(F)F)ccc1F)C(F)(F)F. The third-order valence-corrected chi connectivity index (χ3v) is 5.27. The molecule has 0 saturated carbocycles. The summed E-state index contributed by atoms with van der Waals surface area (Å²) >= 11 is 0. The van der Waals surface area contributed by atoms with E-state index in [1.807, 2.05) is 0 Å². The van der Waals surface area contributed by atoms with Crippen LogP contribution >= 0.6 is 0 Å². The quantitative estimate of drug-likeness (QED) is 0.241. The second-order valence-corrected chi connectivity index (χ2v) is 8.25. The Morgan fingerprint density at radius 1 is 0.775 bits per heavy atom. The summed E-state index contributed by atoms with van der Waals surface area (Å²) in [4.78, 5) is 0. The van der Waals surface area contributed by atoms with E-state index in [9.17, 15) is 53.4 Å². The zero-order valence-electron chi connectivity index (χ0n) is 19.7. The monoisotopic (exact) mass is 589 g/mol. The molecule has 218 valence electrons. The lowest BCUT2D eigenvalue weighted by molar-refractivity contribution is -0.253. The highest BCUT2D eigenvalue weighted by Crippen LogP contribution is 2.36. The van der Waals surface area contributed by atoms with Crippen LogP contribution in [-0.2, 0) is 6.18 Å². The van der Waals surface area contributed by atoms with E-state index in [1.165, 1.54) is 24.3 Å². The molecular formula is C25H18F11NO3. The summed E-state index contributed by atoms with van der Waals surface area (Å²) < 4.78 is 154. The summed E-state index contributed by atoms with van der Waals surface area (Å²) in [5, 5.41) is 11.6. The minimum absolute atomic E-state index is 0.110. The van der Waals surface area contributed by atoms with Gasteiger partial charge in [-0.1, -0.05) is 18.2 Å². The number of halogens is 11. The lowest BCUT2D eigenvalue weighted by atomic mass is 9.95. The van der Waals surface area contributed by atoms with Crippen LogP contribution in [0.25, 0.3) is 0 Å². The average Bonchev–Trinajstić information content (AvgIpc) is 2.84. The molecule has 3 aromatic carbocycles. The van der Waals surface area contributed by atoms with Gasteiger partial charge in [0.05, 0.1) is 11.6 Å². The van der Waals surface area contributed by atoms with Crippen molar-refractivity contribution in [2.45, 2.75) is 37.0 Å². The van der Waals surface area contributed by atoms with Gasteiger partial charge in [0.15, 0.2) is 6.10 Å². The van der Waals surface area contributed by atoms with E-state index in [0.29, 0.717) is 18.2 Å². The fourth-order valence-electron chi connectivity index (χ4n) is 3.39. The van der Waals surface area contributed by atoms with Gasteiger partial charge in [-0.25, -0.2) is 4.39 Å². The van der Waals surface area contributed by atoms with Crippen molar-refractivity contribution in [2.75, 3.05) is 6.54 Å². The number of nitrogens with one attached hydrogen (secondary N) is 1. The fraction of sp³-hybridized carbons (Fsp3) is 0.280. The molecule has 0 aliphatic carbocycles. The summed E-state index contributed by atoms with van der Waals surface area (Å²) in [5.41, 5.74) is -2.11. The molecule has 0 radical (unpaired) electrons. The molecule has 2 N–H and O–H groups in total. The highest BCUT2D eigenvalue weighted by Gasteiger charge is 2.44. The number of aliphatic hydroxyl groups is 1. The normalized spacial score (nSPS) is 14.2. The van der Waals surface area contributed by atoms with Crippen molar-refractivity contribution < 1.29 is 62.9 Å². The van der Waals surface area contributed by atoms with Crippen LogP contribution in [0.15, 0.2) is 66.7 Å². The Hall–Kier alpha value is -3.59. The highest BCUT2D eigenvalue weighted by atomic mass is 19.4. The first-order valence-electron chi connectivity index (χ1n) is 11.0. The molecule has 4 nitrogen and oxygen atoms in total. The van der Waals surface area contributed by atoms with Crippen LogP contribution < -0.4 is 14.8 Å². The van der Waals surface area contributed by atoms with Crippen LogP contribution in [0.4, 0.5) is 48.3 Å². The molecule has 1 unspecified atom stereocenters. The number of aliphatic hydroxyl groups excluding tert-OH is 1. The molecule has 2 atom stereocenters. The molecular weight excluding hydrogens is 571 g/mol. The highest BCUT2D eigenvalue weighted by molar-refractivity contribution is 5.42. The maximum Gasteiger partial charge on any atom is 0.461 e. The fourth-order valence-corrected chi connectivity index (χ4v) is 3.39. The standard InChI is InChI=1S/C25H18F11NO3/c26-19-8-7-14(23(29,30)31)10-18(19)21(37-12-20(38)24(32,33)34)13-3-1-4-15(9-13)39-16-5-2-6-17(11-16)40-25(35,36)22(27)28/h1-11,20-22,37-38H,12H2/t20-,21?/m1/s1. The van der Waals surface area contributed by atoms with Crippen LogP contribution in [0, 0.1) is 5.82 Å². The molecule has 0 amide bonds. The summed E-state index contributed by atoms with van der Waals surface area (Å²) in [7, 11) is 0.